The Morgan fingerprint density at radius 1 is 1.80 bits per heavy atom. The van der Waals surface area contributed by atoms with Crippen molar-refractivity contribution in [1.29, 1.82) is 0 Å². The molecule has 0 spiro atoms. The van der Waals surface area contributed by atoms with Gasteiger partial charge in [-0.1, -0.05) is 12.7 Å². The van der Waals surface area contributed by atoms with Crippen LogP contribution in [0.1, 0.15) is 0 Å². The molecule has 0 saturated heterocycles. The molecule has 0 aromatic heterocycles. The highest BCUT2D eigenvalue weighted by Gasteiger charge is 2.37. The van der Waals surface area contributed by atoms with Crippen LogP contribution in [0.25, 0.3) is 0 Å². The molecule has 0 saturated carbocycles. The topological polar surface area (TPSA) is 26.3 Å². The van der Waals surface area contributed by atoms with E-state index in [2.05, 4.69) is 22.9 Å². The Bertz CT molecular complexity index is 141. The van der Waals surface area contributed by atoms with Gasteiger partial charge in [0, 0.05) is 0 Å². The molecule has 0 unspecified atom stereocenters. The van der Waals surface area contributed by atoms with Gasteiger partial charge in [0.15, 0.2) is 0 Å². The van der Waals surface area contributed by atoms with Crippen LogP contribution in [-0.2, 0) is 9.53 Å². The summed E-state index contributed by atoms with van der Waals surface area (Å²) < 4.78 is 27.3. The Morgan fingerprint density at radius 2 is 2.30 bits per heavy atom. The van der Waals surface area contributed by atoms with Gasteiger partial charge < -0.3 is 4.74 Å². The Morgan fingerprint density at radius 3 is 2.60 bits per heavy atom. The maximum Gasteiger partial charge on any atom is 0.417 e. The van der Waals surface area contributed by atoms with Crippen molar-refractivity contribution in [1.82, 2.24) is 0 Å². The number of esters is 1. The number of alkyl halides is 3. The van der Waals surface area contributed by atoms with Crippen LogP contribution in [0, 0.1) is 0 Å². The van der Waals surface area contributed by atoms with Gasteiger partial charge in [-0.3, -0.25) is 0 Å². The Labute approximate surface area is 61.4 Å². The highest BCUT2D eigenvalue weighted by atomic mass is 35.5. The normalized spacial score (nSPS) is 10.7. The molecule has 0 aliphatic carbocycles. The van der Waals surface area contributed by atoms with Crippen LogP contribution >= 0.6 is 11.6 Å². The Hall–Kier alpha value is -0.640. The smallest absolute Gasteiger partial charge is 0.417 e. The zero-order chi connectivity index (χ0) is 8.20. The second-order valence-corrected chi connectivity index (χ2v) is 1.86. The van der Waals surface area contributed by atoms with Crippen molar-refractivity contribution >= 4 is 17.6 Å². The maximum absolute atomic E-state index is 11.7. The first kappa shape index (κ1) is 9.36. The van der Waals surface area contributed by atoms with E-state index in [1.54, 1.807) is 0 Å². The third-order valence-corrected chi connectivity index (χ3v) is 0.718. The summed E-state index contributed by atoms with van der Waals surface area (Å²) in [7, 11) is 0. The van der Waals surface area contributed by atoms with Gasteiger partial charge in [-0.05, 0) is 11.6 Å². The molecular formula is C5H5ClF2O2. The lowest BCUT2D eigenvalue weighted by atomic mass is 10.6. The fourth-order valence-electron chi connectivity index (χ4n) is 0.216. The molecule has 0 rings (SSSR count). The fourth-order valence-corrected chi connectivity index (χ4v) is 0.271. The summed E-state index contributed by atoms with van der Waals surface area (Å²) >= 11 is 4.28. The van der Waals surface area contributed by atoms with Crippen molar-refractivity contribution in [3.05, 3.63) is 12.7 Å². The van der Waals surface area contributed by atoms with E-state index >= 15 is 0 Å². The van der Waals surface area contributed by atoms with Crippen molar-refractivity contribution < 1.29 is 18.3 Å². The molecule has 2 nitrogen and oxygen atoms in total. The van der Waals surface area contributed by atoms with Gasteiger partial charge in [0.1, 0.15) is 6.61 Å². The fraction of sp³-hybridized carbons (Fsp3) is 0.400. The molecule has 0 aliphatic heterocycles. The molecule has 10 heavy (non-hydrogen) atoms. The van der Waals surface area contributed by atoms with Gasteiger partial charge >= 0.3 is 11.4 Å². The number of hydrogen-bond donors (Lipinski definition) is 0. The number of carbonyl (C=O) groups is 1. The average molecular weight is 171 g/mol. The molecule has 0 heterocycles. The zero-order valence-corrected chi connectivity index (χ0v) is 5.70. The zero-order valence-electron chi connectivity index (χ0n) is 4.94. The summed E-state index contributed by atoms with van der Waals surface area (Å²) in [6.45, 7) is 2.89. The van der Waals surface area contributed by atoms with Crippen LogP contribution in [0.4, 0.5) is 8.78 Å². The predicted octanol–water partition coefficient (Wildman–Crippen LogP) is 1.55. The minimum absolute atomic E-state index is 0.263. The first-order valence-corrected chi connectivity index (χ1v) is 2.71. The van der Waals surface area contributed by atoms with Crippen molar-refractivity contribution in [2.45, 2.75) is 5.38 Å². The molecule has 58 valence electrons. The molecule has 0 aromatic carbocycles. The first-order valence-electron chi connectivity index (χ1n) is 2.33. The monoisotopic (exact) mass is 170 g/mol. The van der Waals surface area contributed by atoms with E-state index in [1.807, 2.05) is 0 Å². The number of rotatable bonds is 3. The first-order chi connectivity index (χ1) is 4.48. The van der Waals surface area contributed by atoms with Crippen molar-refractivity contribution in [2.75, 3.05) is 6.61 Å². The lowest BCUT2D eigenvalue weighted by molar-refractivity contribution is -0.159. The molecule has 0 fully saturated rings. The third kappa shape index (κ3) is 3.40. The SMILES string of the molecule is C=CCOC(=O)C(F)(F)Cl. The van der Waals surface area contributed by atoms with E-state index in [0.29, 0.717) is 0 Å². The lowest BCUT2D eigenvalue weighted by Gasteiger charge is -2.04. The molecule has 0 radical (unpaired) electrons. The van der Waals surface area contributed by atoms with Gasteiger partial charge in [-0.2, -0.15) is 8.78 Å². The van der Waals surface area contributed by atoms with Gasteiger partial charge in [-0.15, -0.1) is 0 Å². The van der Waals surface area contributed by atoms with Crippen molar-refractivity contribution in [3.8, 4) is 0 Å². The van der Waals surface area contributed by atoms with Gasteiger partial charge in [0.25, 0.3) is 0 Å². The Balaban J connectivity index is 3.74. The van der Waals surface area contributed by atoms with E-state index in [-0.39, 0.29) is 6.61 Å². The minimum atomic E-state index is -3.93. The van der Waals surface area contributed by atoms with E-state index in [4.69, 9.17) is 0 Å². The third-order valence-electron chi connectivity index (χ3n) is 0.564. The summed E-state index contributed by atoms with van der Waals surface area (Å²) in [4.78, 5) is 10.1. The number of halogens is 3. The molecule has 0 atom stereocenters. The standard InChI is InChI=1S/C5H5ClF2O2/c1-2-3-10-4(9)5(6,7)8/h2H,1,3H2. The predicted molar refractivity (Wildman–Crippen MR) is 32.0 cm³/mol. The second kappa shape index (κ2) is 3.51. The van der Waals surface area contributed by atoms with E-state index in [1.165, 1.54) is 6.08 Å². The summed E-state index contributed by atoms with van der Waals surface area (Å²) in [5, 5.41) is -3.93. The molecule has 0 bridgehead atoms. The van der Waals surface area contributed by atoms with Crippen LogP contribution in [0.5, 0.6) is 0 Å². The highest BCUT2D eigenvalue weighted by molar-refractivity contribution is 6.31. The number of hydrogen-bond acceptors (Lipinski definition) is 2. The van der Waals surface area contributed by atoms with Crippen molar-refractivity contribution in [3.63, 3.8) is 0 Å². The summed E-state index contributed by atoms with van der Waals surface area (Å²) in [6.07, 6.45) is 1.17. The molecular weight excluding hydrogens is 166 g/mol. The lowest BCUT2D eigenvalue weighted by Crippen LogP contribution is -2.24. The molecule has 0 N–H and O–H groups in total. The van der Waals surface area contributed by atoms with Gasteiger partial charge in [-0.25, -0.2) is 4.79 Å². The summed E-state index contributed by atoms with van der Waals surface area (Å²) in [6, 6.07) is 0. The number of ether oxygens (including phenoxy) is 1. The minimum Gasteiger partial charge on any atom is -0.456 e. The van der Waals surface area contributed by atoms with E-state index in [0.717, 1.165) is 0 Å². The quantitative estimate of drug-likeness (QED) is 0.365. The summed E-state index contributed by atoms with van der Waals surface area (Å²) in [5.74, 6) is -1.76. The van der Waals surface area contributed by atoms with E-state index < -0.39 is 11.4 Å². The van der Waals surface area contributed by atoms with Crippen molar-refractivity contribution in [2.24, 2.45) is 0 Å². The summed E-state index contributed by atoms with van der Waals surface area (Å²) in [5.41, 5.74) is 0. The molecule has 0 aliphatic rings. The number of carbonyl (C=O) groups excluding carboxylic acids is 1. The highest BCUT2D eigenvalue weighted by Crippen LogP contribution is 2.19. The Kier molecular flexibility index (Phi) is 3.28. The van der Waals surface area contributed by atoms with Gasteiger partial charge in [0.05, 0.1) is 0 Å². The molecule has 0 amide bonds. The van der Waals surface area contributed by atoms with Gasteiger partial charge in [0.2, 0.25) is 0 Å². The van der Waals surface area contributed by atoms with Crippen LogP contribution in [0.15, 0.2) is 12.7 Å². The van der Waals surface area contributed by atoms with Crippen LogP contribution < -0.4 is 0 Å². The maximum atomic E-state index is 11.7. The van der Waals surface area contributed by atoms with Crippen LogP contribution in [0.2, 0.25) is 0 Å². The van der Waals surface area contributed by atoms with Crippen LogP contribution in [-0.4, -0.2) is 18.0 Å². The largest absolute Gasteiger partial charge is 0.456 e. The second-order valence-electron chi connectivity index (χ2n) is 1.38. The van der Waals surface area contributed by atoms with E-state index in [9.17, 15) is 13.6 Å². The molecule has 5 heteroatoms. The van der Waals surface area contributed by atoms with Crippen LogP contribution in [0.3, 0.4) is 0 Å². The molecule has 0 aromatic rings. The average Bonchev–Trinajstić information content (AvgIpc) is 1.80.